The van der Waals surface area contributed by atoms with Gasteiger partial charge in [0.2, 0.25) is 0 Å². The number of hydrogen-bond donors (Lipinski definition) is 1. The van der Waals surface area contributed by atoms with Gasteiger partial charge in [-0.15, -0.1) is 12.4 Å². The summed E-state index contributed by atoms with van der Waals surface area (Å²) >= 11 is 0. The van der Waals surface area contributed by atoms with E-state index in [2.05, 4.69) is 25.7 Å². The van der Waals surface area contributed by atoms with Crippen LogP contribution in [0.3, 0.4) is 0 Å². The van der Waals surface area contributed by atoms with Crippen molar-refractivity contribution in [2.45, 2.75) is 40.0 Å². The van der Waals surface area contributed by atoms with Crippen LogP contribution < -0.4 is 5.73 Å². The summed E-state index contributed by atoms with van der Waals surface area (Å²) in [5.74, 6) is 0.873. The SMILES string of the molecule is CC(C)(C)C1CCCN(CCOCCN)CC1.Cl. The summed E-state index contributed by atoms with van der Waals surface area (Å²) < 4.78 is 5.45. The maximum Gasteiger partial charge on any atom is 0.0594 e. The fraction of sp³-hybridized carbons (Fsp3) is 1.00. The number of likely N-dealkylation sites (tertiary alicyclic amines) is 1. The highest BCUT2D eigenvalue weighted by molar-refractivity contribution is 5.85. The molecule has 2 N–H and O–H groups in total. The third-order valence-corrected chi connectivity index (χ3v) is 3.86. The summed E-state index contributed by atoms with van der Waals surface area (Å²) in [6.45, 7) is 12.8. The lowest BCUT2D eigenvalue weighted by Crippen LogP contribution is -2.30. The predicted octanol–water partition coefficient (Wildman–Crippen LogP) is 2.53. The van der Waals surface area contributed by atoms with Crippen LogP contribution in [0.1, 0.15) is 40.0 Å². The van der Waals surface area contributed by atoms with E-state index in [4.69, 9.17) is 10.5 Å². The fourth-order valence-corrected chi connectivity index (χ4v) is 2.62. The first-order valence-corrected chi connectivity index (χ1v) is 7.04. The van der Waals surface area contributed by atoms with E-state index < -0.39 is 0 Å². The summed E-state index contributed by atoms with van der Waals surface area (Å²) in [5.41, 5.74) is 5.86. The molecule has 0 amide bonds. The van der Waals surface area contributed by atoms with Gasteiger partial charge in [-0.1, -0.05) is 20.8 Å². The van der Waals surface area contributed by atoms with Gasteiger partial charge in [-0.3, -0.25) is 0 Å². The van der Waals surface area contributed by atoms with Gasteiger partial charge in [-0.2, -0.15) is 0 Å². The lowest BCUT2D eigenvalue weighted by atomic mass is 9.77. The molecule has 0 aromatic rings. The summed E-state index contributed by atoms with van der Waals surface area (Å²) in [7, 11) is 0. The summed E-state index contributed by atoms with van der Waals surface area (Å²) in [6, 6.07) is 0. The highest BCUT2D eigenvalue weighted by Crippen LogP contribution is 2.34. The molecule has 18 heavy (non-hydrogen) atoms. The molecule has 0 aliphatic carbocycles. The Bertz CT molecular complexity index is 206. The van der Waals surface area contributed by atoms with Crippen LogP contribution >= 0.6 is 12.4 Å². The van der Waals surface area contributed by atoms with Gasteiger partial charge in [0.15, 0.2) is 0 Å². The van der Waals surface area contributed by atoms with E-state index in [1.54, 1.807) is 0 Å². The Kier molecular flexibility index (Phi) is 9.22. The second-order valence-electron chi connectivity index (χ2n) is 6.24. The minimum Gasteiger partial charge on any atom is -0.379 e. The molecule has 1 heterocycles. The minimum absolute atomic E-state index is 0. The van der Waals surface area contributed by atoms with Gasteiger partial charge in [0.1, 0.15) is 0 Å². The highest BCUT2D eigenvalue weighted by Gasteiger charge is 2.26. The Morgan fingerprint density at radius 2 is 1.89 bits per heavy atom. The zero-order chi connectivity index (χ0) is 12.7. The zero-order valence-electron chi connectivity index (χ0n) is 12.3. The molecule has 0 saturated carbocycles. The van der Waals surface area contributed by atoms with E-state index in [-0.39, 0.29) is 12.4 Å². The van der Waals surface area contributed by atoms with Crippen molar-refractivity contribution in [3.05, 3.63) is 0 Å². The molecule has 1 unspecified atom stereocenters. The maximum absolute atomic E-state index is 5.45. The van der Waals surface area contributed by atoms with Crippen LogP contribution in [-0.2, 0) is 4.74 Å². The molecule has 4 heteroatoms. The first-order valence-electron chi connectivity index (χ1n) is 7.04. The molecule has 0 radical (unpaired) electrons. The molecule has 3 nitrogen and oxygen atoms in total. The van der Waals surface area contributed by atoms with Crippen molar-refractivity contribution in [1.82, 2.24) is 4.90 Å². The van der Waals surface area contributed by atoms with Gasteiger partial charge in [0.25, 0.3) is 0 Å². The largest absolute Gasteiger partial charge is 0.379 e. The van der Waals surface area contributed by atoms with Gasteiger partial charge < -0.3 is 15.4 Å². The van der Waals surface area contributed by atoms with Crippen LogP contribution in [0, 0.1) is 11.3 Å². The van der Waals surface area contributed by atoms with Crippen LogP contribution in [-0.4, -0.2) is 44.3 Å². The van der Waals surface area contributed by atoms with E-state index >= 15 is 0 Å². The van der Waals surface area contributed by atoms with Gasteiger partial charge in [0, 0.05) is 13.1 Å². The number of nitrogens with two attached hydrogens (primary N) is 1. The first kappa shape index (κ1) is 18.2. The van der Waals surface area contributed by atoms with E-state index in [0.717, 1.165) is 19.1 Å². The topological polar surface area (TPSA) is 38.5 Å². The fourth-order valence-electron chi connectivity index (χ4n) is 2.62. The maximum atomic E-state index is 5.45. The standard InChI is InChI=1S/C14H30N2O.ClH/c1-14(2,3)13-5-4-8-16(9-6-13)10-12-17-11-7-15;/h13H,4-12,15H2,1-3H3;1H. The molecule has 1 aliphatic heterocycles. The van der Waals surface area contributed by atoms with Crippen LogP contribution in [0.25, 0.3) is 0 Å². The van der Waals surface area contributed by atoms with E-state index in [1.807, 2.05) is 0 Å². The van der Waals surface area contributed by atoms with Crippen molar-refractivity contribution >= 4 is 12.4 Å². The molecule has 1 atom stereocenters. The molecular weight excluding hydrogens is 248 g/mol. The van der Waals surface area contributed by atoms with Crippen LogP contribution in [0.2, 0.25) is 0 Å². The van der Waals surface area contributed by atoms with Gasteiger partial charge in [-0.05, 0) is 43.7 Å². The Labute approximate surface area is 119 Å². The average Bonchev–Trinajstić information content (AvgIpc) is 2.49. The summed E-state index contributed by atoms with van der Waals surface area (Å²) in [6.07, 6.45) is 4.04. The van der Waals surface area contributed by atoms with Crippen molar-refractivity contribution in [1.29, 1.82) is 0 Å². The van der Waals surface area contributed by atoms with Gasteiger partial charge in [0.05, 0.1) is 13.2 Å². The number of ether oxygens (including phenoxy) is 1. The Balaban J connectivity index is 0.00000289. The predicted molar refractivity (Wildman–Crippen MR) is 80.4 cm³/mol. The van der Waals surface area contributed by atoms with Crippen molar-refractivity contribution in [2.24, 2.45) is 17.1 Å². The molecule has 1 fully saturated rings. The molecule has 0 bridgehead atoms. The monoisotopic (exact) mass is 278 g/mol. The second-order valence-corrected chi connectivity index (χ2v) is 6.24. The lowest BCUT2D eigenvalue weighted by molar-refractivity contribution is 0.109. The van der Waals surface area contributed by atoms with Crippen molar-refractivity contribution in [3.63, 3.8) is 0 Å². The minimum atomic E-state index is 0. The molecule has 1 rings (SSSR count). The molecule has 1 saturated heterocycles. The first-order chi connectivity index (χ1) is 8.04. The Hall–Kier alpha value is 0.170. The number of rotatable bonds is 5. The average molecular weight is 279 g/mol. The molecule has 0 aromatic heterocycles. The molecule has 1 aliphatic rings. The summed E-state index contributed by atoms with van der Waals surface area (Å²) in [5, 5.41) is 0. The van der Waals surface area contributed by atoms with Gasteiger partial charge in [-0.25, -0.2) is 0 Å². The van der Waals surface area contributed by atoms with Crippen LogP contribution in [0.15, 0.2) is 0 Å². The third-order valence-electron chi connectivity index (χ3n) is 3.86. The molecule has 0 aromatic carbocycles. The normalized spacial score (nSPS) is 22.3. The summed E-state index contributed by atoms with van der Waals surface area (Å²) in [4.78, 5) is 2.54. The second kappa shape index (κ2) is 9.13. The van der Waals surface area contributed by atoms with Crippen LogP contribution in [0.4, 0.5) is 0 Å². The van der Waals surface area contributed by atoms with Crippen molar-refractivity contribution in [2.75, 3.05) is 39.4 Å². The van der Waals surface area contributed by atoms with E-state index in [9.17, 15) is 0 Å². The number of nitrogens with zero attached hydrogens (tertiary/aromatic N) is 1. The quantitative estimate of drug-likeness (QED) is 0.786. The number of halogens is 1. The lowest BCUT2D eigenvalue weighted by Gasteiger charge is -2.29. The third kappa shape index (κ3) is 6.93. The van der Waals surface area contributed by atoms with E-state index in [1.165, 1.54) is 32.4 Å². The van der Waals surface area contributed by atoms with Crippen LogP contribution in [0.5, 0.6) is 0 Å². The Morgan fingerprint density at radius 1 is 1.17 bits per heavy atom. The molecule has 0 spiro atoms. The van der Waals surface area contributed by atoms with Crippen molar-refractivity contribution < 1.29 is 4.74 Å². The smallest absolute Gasteiger partial charge is 0.0594 e. The highest BCUT2D eigenvalue weighted by atomic mass is 35.5. The van der Waals surface area contributed by atoms with Gasteiger partial charge >= 0.3 is 0 Å². The zero-order valence-corrected chi connectivity index (χ0v) is 13.1. The molecule has 110 valence electrons. The number of hydrogen-bond acceptors (Lipinski definition) is 3. The Morgan fingerprint density at radius 3 is 2.50 bits per heavy atom. The van der Waals surface area contributed by atoms with Crippen molar-refractivity contribution in [3.8, 4) is 0 Å². The molecular formula is C14H31ClN2O. The van der Waals surface area contributed by atoms with E-state index in [0.29, 0.717) is 18.6 Å².